The third kappa shape index (κ3) is 10.2. The fourth-order valence-corrected chi connectivity index (χ4v) is 5.05. The van der Waals surface area contributed by atoms with Gasteiger partial charge in [-0.25, -0.2) is 0 Å². The van der Waals surface area contributed by atoms with Crippen molar-refractivity contribution in [3.63, 3.8) is 0 Å². The molecule has 5 N–H and O–H groups in total. The van der Waals surface area contributed by atoms with Gasteiger partial charge in [0.15, 0.2) is 0 Å². The number of nitrogens with one attached hydrogen (secondary N) is 3. The van der Waals surface area contributed by atoms with Gasteiger partial charge in [-0.3, -0.25) is 14.4 Å². The number of carbonyl (C=O) groups excluding carboxylic acids is 3. The Morgan fingerprint density at radius 1 is 0.976 bits per heavy atom. The lowest BCUT2D eigenvalue weighted by molar-refractivity contribution is -0.143. The Labute approximate surface area is 248 Å². The van der Waals surface area contributed by atoms with Gasteiger partial charge < -0.3 is 35.8 Å². The molecule has 10 heteroatoms. The van der Waals surface area contributed by atoms with Gasteiger partial charge in [-0.05, 0) is 43.9 Å². The lowest BCUT2D eigenvalue weighted by atomic mass is 9.83. The highest BCUT2D eigenvalue weighted by Crippen LogP contribution is 2.28. The molecule has 2 aliphatic rings. The first-order valence-electron chi connectivity index (χ1n) is 14.6. The Hall–Kier alpha value is -3.89. The number of aryl methyl sites for hydroxylation is 1. The first-order valence-corrected chi connectivity index (χ1v) is 14.6. The Morgan fingerprint density at radius 2 is 1.69 bits per heavy atom. The molecule has 2 atom stereocenters. The molecule has 10 nitrogen and oxygen atoms in total. The molecule has 2 aromatic carbocycles. The smallest absolute Gasteiger partial charge is 0.245 e. The SMILES string of the molecule is CN1C(=O)C(C2CCCCC2)NCCOc2ccccc2/C=C/CNC(=O)CNC(=O)C1CO.Cc1ccc(O)cc1. The first kappa shape index (κ1) is 32.6. The van der Waals surface area contributed by atoms with E-state index in [1.54, 1.807) is 12.1 Å². The molecule has 0 aromatic heterocycles. The van der Waals surface area contributed by atoms with Crippen LogP contribution in [0.15, 0.2) is 54.6 Å². The summed E-state index contributed by atoms with van der Waals surface area (Å²) in [5.41, 5.74) is 2.05. The van der Waals surface area contributed by atoms with E-state index in [2.05, 4.69) is 16.0 Å². The zero-order valence-corrected chi connectivity index (χ0v) is 24.6. The van der Waals surface area contributed by atoms with E-state index in [0.29, 0.717) is 18.9 Å². The molecule has 2 unspecified atom stereocenters. The monoisotopic (exact) mass is 580 g/mol. The molecule has 0 bridgehead atoms. The van der Waals surface area contributed by atoms with Gasteiger partial charge in [-0.15, -0.1) is 0 Å². The molecule has 42 heavy (non-hydrogen) atoms. The molecular weight excluding hydrogens is 536 g/mol. The molecule has 2 aromatic rings. The summed E-state index contributed by atoms with van der Waals surface area (Å²) < 4.78 is 5.98. The molecule has 3 amide bonds. The van der Waals surface area contributed by atoms with Gasteiger partial charge in [0.05, 0.1) is 19.2 Å². The number of rotatable bonds is 2. The minimum atomic E-state index is -1.07. The second kappa shape index (κ2) is 17.2. The Kier molecular flexibility index (Phi) is 13.3. The van der Waals surface area contributed by atoms with Gasteiger partial charge in [0.2, 0.25) is 17.7 Å². The van der Waals surface area contributed by atoms with Crippen molar-refractivity contribution in [2.24, 2.45) is 5.92 Å². The molecule has 4 rings (SSSR count). The molecule has 0 spiro atoms. The van der Waals surface area contributed by atoms with Gasteiger partial charge >= 0.3 is 0 Å². The lowest BCUT2D eigenvalue weighted by Crippen LogP contribution is -2.57. The molecule has 0 saturated heterocycles. The van der Waals surface area contributed by atoms with Gasteiger partial charge in [0.25, 0.3) is 0 Å². The Balaban J connectivity index is 0.000000521. The molecule has 228 valence electrons. The molecule has 1 aliphatic carbocycles. The van der Waals surface area contributed by atoms with Crippen LogP contribution in [0.3, 0.4) is 0 Å². The predicted octanol–water partition coefficient (Wildman–Crippen LogP) is 2.38. The van der Waals surface area contributed by atoms with Gasteiger partial charge in [0, 0.05) is 25.7 Å². The van der Waals surface area contributed by atoms with E-state index in [4.69, 9.17) is 9.84 Å². The number of likely N-dealkylation sites (N-methyl/N-ethyl adjacent to an activating group) is 1. The predicted molar refractivity (Wildman–Crippen MR) is 162 cm³/mol. The normalized spacial score (nSPS) is 22.2. The number of carbonyl (C=O) groups is 3. The summed E-state index contributed by atoms with van der Waals surface area (Å²) in [6.45, 7) is 2.33. The summed E-state index contributed by atoms with van der Waals surface area (Å²) in [4.78, 5) is 39.5. The van der Waals surface area contributed by atoms with Crippen LogP contribution in [-0.2, 0) is 14.4 Å². The number of hydrogen-bond acceptors (Lipinski definition) is 7. The third-order valence-electron chi connectivity index (χ3n) is 7.49. The van der Waals surface area contributed by atoms with Crippen molar-refractivity contribution >= 4 is 23.8 Å². The van der Waals surface area contributed by atoms with Crippen molar-refractivity contribution in [1.82, 2.24) is 20.9 Å². The molecule has 1 heterocycles. The van der Waals surface area contributed by atoms with Crippen LogP contribution in [0, 0.1) is 12.8 Å². The Morgan fingerprint density at radius 3 is 2.38 bits per heavy atom. The summed E-state index contributed by atoms with van der Waals surface area (Å²) in [5.74, 6) is 0.0300. The third-order valence-corrected chi connectivity index (χ3v) is 7.49. The van der Waals surface area contributed by atoms with Crippen LogP contribution in [0.5, 0.6) is 11.5 Å². The number of para-hydroxylation sites is 1. The molecule has 1 fully saturated rings. The number of phenolic OH excluding ortho intramolecular Hbond substituents is 1. The van der Waals surface area contributed by atoms with Gasteiger partial charge in [-0.2, -0.15) is 0 Å². The summed E-state index contributed by atoms with van der Waals surface area (Å²) in [7, 11) is 1.52. The number of aromatic hydroxyl groups is 1. The summed E-state index contributed by atoms with van der Waals surface area (Å²) in [6, 6.07) is 13.2. The number of aliphatic hydroxyl groups excluding tert-OH is 1. The molecule has 0 radical (unpaired) electrons. The first-order chi connectivity index (χ1) is 20.3. The van der Waals surface area contributed by atoms with E-state index in [0.717, 1.165) is 43.4 Å². The average molecular weight is 581 g/mol. The van der Waals surface area contributed by atoms with E-state index in [9.17, 15) is 19.5 Å². The summed E-state index contributed by atoms with van der Waals surface area (Å²) >= 11 is 0. The minimum Gasteiger partial charge on any atom is -0.508 e. The van der Waals surface area contributed by atoms with Gasteiger partial charge in [-0.1, -0.05) is 67.3 Å². The summed E-state index contributed by atoms with van der Waals surface area (Å²) in [5, 5.41) is 27.2. The van der Waals surface area contributed by atoms with Crippen molar-refractivity contribution in [3.8, 4) is 11.5 Å². The number of benzene rings is 2. The number of hydrogen-bond donors (Lipinski definition) is 5. The van der Waals surface area contributed by atoms with E-state index < -0.39 is 24.6 Å². The number of amides is 3. The van der Waals surface area contributed by atoms with Crippen LogP contribution in [0.25, 0.3) is 6.08 Å². The van der Waals surface area contributed by atoms with Crippen LogP contribution in [-0.4, -0.2) is 84.8 Å². The average Bonchev–Trinajstić information content (AvgIpc) is 3.00. The lowest BCUT2D eigenvalue weighted by Gasteiger charge is -2.35. The highest BCUT2D eigenvalue weighted by Gasteiger charge is 2.35. The number of phenols is 1. The van der Waals surface area contributed by atoms with Gasteiger partial charge in [0.1, 0.15) is 24.1 Å². The fourth-order valence-electron chi connectivity index (χ4n) is 5.05. The van der Waals surface area contributed by atoms with Crippen LogP contribution >= 0.6 is 0 Å². The highest BCUT2D eigenvalue weighted by molar-refractivity contribution is 5.92. The van der Waals surface area contributed by atoms with Crippen molar-refractivity contribution in [2.45, 2.75) is 51.1 Å². The number of ether oxygens (including phenoxy) is 1. The topological polar surface area (TPSA) is 140 Å². The summed E-state index contributed by atoms with van der Waals surface area (Å²) in [6.07, 6.45) is 8.83. The Bertz CT molecular complexity index is 1160. The maximum atomic E-state index is 13.5. The van der Waals surface area contributed by atoms with Crippen LogP contribution in [0.4, 0.5) is 0 Å². The van der Waals surface area contributed by atoms with Crippen molar-refractivity contribution < 1.29 is 29.3 Å². The zero-order valence-electron chi connectivity index (χ0n) is 24.6. The quantitative estimate of drug-likeness (QED) is 0.368. The highest BCUT2D eigenvalue weighted by atomic mass is 16.5. The maximum absolute atomic E-state index is 13.5. The number of aliphatic hydroxyl groups is 1. The van der Waals surface area contributed by atoms with Crippen molar-refractivity contribution in [1.29, 1.82) is 0 Å². The standard InChI is InChI=1S/C25H36N4O5.C7H8O/c1-29-20(17-30)24(32)28-16-22(31)26-13-7-11-18-8-5-6-12-21(18)34-15-14-27-23(25(29)33)19-9-3-2-4-10-19;1-6-2-4-7(8)5-3-6/h5-8,11-12,19-20,23,27,30H,2-4,9-10,13-17H2,1H3,(H,26,31)(H,28,32);2-5,8H,1H3/b11-7+;. The fraction of sp³-hybridized carbons (Fsp3) is 0.469. The van der Waals surface area contributed by atoms with Crippen LogP contribution < -0.4 is 20.7 Å². The molecule has 1 aliphatic heterocycles. The number of fused-ring (bicyclic) bond motifs is 1. The van der Waals surface area contributed by atoms with Crippen molar-refractivity contribution in [2.75, 3.05) is 39.9 Å². The molecule has 1 saturated carbocycles. The number of nitrogens with zero attached hydrogens (tertiary/aromatic N) is 1. The second-order valence-corrected chi connectivity index (χ2v) is 10.6. The zero-order chi connectivity index (χ0) is 30.3. The van der Waals surface area contributed by atoms with Crippen LogP contribution in [0.1, 0.15) is 43.2 Å². The molecular formula is C32H44N4O6. The van der Waals surface area contributed by atoms with E-state index >= 15 is 0 Å². The van der Waals surface area contributed by atoms with E-state index in [1.807, 2.05) is 55.5 Å². The minimum absolute atomic E-state index is 0.151. The van der Waals surface area contributed by atoms with Crippen molar-refractivity contribution in [3.05, 3.63) is 65.7 Å². The largest absolute Gasteiger partial charge is 0.508 e. The van der Waals surface area contributed by atoms with E-state index in [1.165, 1.54) is 17.5 Å². The van der Waals surface area contributed by atoms with Crippen LogP contribution in [0.2, 0.25) is 0 Å². The maximum Gasteiger partial charge on any atom is 0.245 e. The van der Waals surface area contributed by atoms with E-state index in [-0.39, 0.29) is 30.8 Å². The second-order valence-electron chi connectivity index (χ2n) is 10.6.